The minimum Gasteiger partial charge on any atom is -0.452 e. The van der Waals surface area contributed by atoms with Crippen LogP contribution in [0, 0.1) is 0 Å². The highest BCUT2D eigenvalue weighted by Crippen LogP contribution is 2.28. The normalized spacial score (nSPS) is 21.5. The third-order valence-corrected chi connectivity index (χ3v) is 9.71. The highest BCUT2D eigenvalue weighted by atomic mass is 35.5. The summed E-state index contributed by atoms with van der Waals surface area (Å²) < 4.78 is 55.4. The molecule has 1 amide bonds. The van der Waals surface area contributed by atoms with Crippen LogP contribution >= 0.6 is 11.6 Å². The van der Waals surface area contributed by atoms with Gasteiger partial charge in [-0.15, -0.1) is 0 Å². The van der Waals surface area contributed by atoms with E-state index in [-0.39, 0.29) is 27.0 Å². The summed E-state index contributed by atoms with van der Waals surface area (Å²) in [7, 11) is -5.54. The zero-order valence-electron chi connectivity index (χ0n) is 17.1. The van der Waals surface area contributed by atoms with Gasteiger partial charge in [0.15, 0.2) is 16.4 Å². The highest BCUT2D eigenvalue weighted by molar-refractivity contribution is 7.91. The van der Waals surface area contributed by atoms with Crippen molar-refractivity contribution in [2.24, 2.45) is 0 Å². The number of carbonyl (C=O) groups excluding carboxylic acids is 2. The minimum atomic E-state index is -3.85. The molecule has 2 aliphatic heterocycles. The number of likely N-dealkylation sites (N-methyl/N-ethyl adjacent to an activating group) is 1. The van der Waals surface area contributed by atoms with Gasteiger partial charge in [-0.2, -0.15) is 4.31 Å². The molecular weight excluding hydrogens is 468 g/mol. The molecule has 0 radical (unpaired) electrons. The van der Waals surface area contributed by atoms with Crippen molar-refractivity contribution in [3.8, 4) is 0 Å². The van der Waals surface area contributed by atoms with Crippen LogP contribution in [-0.4, -0.2) is 82.2 Å². The molecule has 0 spiro atoms. The van der Waals surface area contributed by atoms with E-state index in [1.54, 1.807) is 0 Å². The van der Waals surface area contributed by atoms with Gasteiger partial charge in [0.1, 0.15) is 4.90 Å². The molecular formula is C19H25ClN2O7S2. The van der Waals surface area contributed by atoms with Gasteiger partial charge in [-0.3, -0.25) is 4.79 Å². The van der Waals surface area contributed by atoms with E-state index in [1.807, 2.05) is 0 Å². The van der Waals surface area contributed by atoms with E-state index < -0.39 is 44.4 Å². The van der Waals surface area contributed by atoms with Crippen LogP contribution in [0.1, 0.15) is 36.0 Å². The van der Waals surface area contributed by atoms with Gasteiger partial charge < -0.3 is 9.64 Å². The number of hydrogen-bond acceptors (Lipinski definition) is 7. The topological polar surface area (TPSA) is 118 Å². The lowest BCUT2D eigenvalue weighted by Crippen LogP contribution is -2.40. The van der Waals surface area contributed by atoms with Crippen LogP contribution in [0.2, 0.25) is 5.02 Å². The Morgan fingerprint density at radius 3 is 2.52 bits per heavy atom. The van der Waals surface area contributed by atoms with E-state index in [2.05, 4.69) is 0 Å². The second kappa shape index (κ2) is 9.43. The van der Waals surface area contributed by atoms with Crippen molar-refractivity contribution in [1.82, 2.24) is 9.21 Å². The number of piperidine rings is 1. The molecule has 2 fully saturated rings. The number of carbonyl (C=O) groups is 2. The molecule has 0 aromatic heterocycles. The summed E-state index contributed by atoms with van der Waals surface area (Å²) >= 11 is 6.10. The monoisotopic (exact) mass is 492 g/mol. The van der Waals surface area contributed by atoms with Crippen molar-refractivity contribution in [3.05, 3.63) is 28.8 Å². The Bertz CT molecular complexity index is 1070. The second-order valence-electron chi connectivity index (χ2n) is 7.75. The average Bonchev–Trinajstić information content (AvgIpc) is 3.11. The van der Waals surface area contributed by atoms with Crippen LogP contribution in [0.4, 0.5) is 0 Å². The number of esters is 1. The lowest BCUT2D eigenvalue weighted by Gasteiger charge is -2.26. The Hall–Kier alpha value is -1.69. The molecule has 9 nitrogen and oxygen atoms in total. The summed E-state index contributed by atoms with van der Waals surface area (Å²) in [6.07, 6.45) is 2.82. The van der Waals surface area contributed by atoms with Crippen LogP contribution in [0.3, 0.4) is 0 Å². The lowest BCUT2D eigenvalue weighted by molar-refractivity contribution is -0.134. The molecule has 2 aliphatic rings. The van der Waals surface area contributed by atoms with E-state index in [4.69, 9.17) is 16.3 Å². The molecule has 0 bridgehead atoms. The number of sulfone groups is 1. The Labute approximate surface area is 187 Å². The van der Waals surface area contributed by atoms with Crippen molar-refractivity contribution in [2.75, 3.05) is 38.2 Å². The maximum atomic E-state index is 12.9. The number of rotatable bonds is 6. The van der Waals surface area contributed by atoms with Gasteiger partial charge in [0.25, 0.3) is 5.91 Å². The van der Waals surface area contributed by atoms with Crippen molar-refractivity contribution in [2.45, 2.75) is 36.6 Å². The summed E-state index contributed by atoms with van der Waals surface area (Å²) in [6.45, 7) is 0.207. The van der Waals surface area contributed by atoms with Gasteiger partial charge >= 0.3 is 5.97 Å². The molecule has 1 aromatic carbocycles. The quantitative estimate of drug-likeness (QED) is 0.549. The number of ether oxygens (including phenoxy) is 1. The predicted octanol–water partition coefficient (Wildman–Crippen LogP) is 1.32. The third kappa shape index (κ3) is 5.57. The van der Waals surface area contributed by atoms with Crippen molar-refractivity contribution < 1.29 is 31.2 Å². The molecule has 0 N–H and O–H groups in total. The van der Waals surface area contributed by atoms with Gasteiger partial charge in [0, 0.05) is 26.2 Å². The first-order valence-electron chi connectivity index (χ1n) is 9.94. The maximum absolute atomic E-state index is 12.9. The number of hydrogen-bond donors (Lipinski definition) is 0. The molecule has 3 rings (SSSR count). The van der Waals surface area contributed by atoms with Crippen molar-refractivity contribution >= 4 is 43.3 Å². The molecule has 1 unspecified atom stereocenters. The average molecular weight is 493 g/mol. The Kier molecular flexibility index (Phi) is 7.29. The van der Waals surface area contributed by atoms with Gasteiger partial charge in [-0.1, -0.05) is 18.0 Å². The SMILES string of the molecule is CN(C(=O)COC(=O)c1ccc(Cl)c(S(=O)(=O)N2CCCCC2)c1)C1CCS(=O)(=O)C1. The second-order valence-corrected chi connectivity index (χ2v) is 12.3. The first-order valence-corrected chi connectivity index (χ1v) is 13.6. The Morgan fingerprint density at radius 2 is 1.90 bits per heavy atom. The van der Waals surface area contributed by atoms with Crippen LogP contribution in [-0.2, 0) is 29.4 Å². The van der Waals surface area contributed by atoms with Crippen molar-refractivity contribution in [3.63, 3.8) is 0 Å². The van der Waals surface area contributed by atoms with Crippen LogP contribution < -0.4 is 0 Å². The zero-order chi connectivity index (χ0) is 22.8. The summed E-state index contributed by atoms with van der Waals surface area (Å²) in [4.78, 5) is 25.8. The highest BCUT2D eigenvalue weighted by Gasteiger charge is 2.33. The molecule has 1 atom stereocenters. The largest absolute Gasteiger partial charge is 0.452 e. The number of sulfonamides is 1. The standard InChI is InChI=1S/C19H25ClN2O7S2/c1-21(15-7-10-30(25,26)13-15)18(23)12-29-19(24)14-5-6-16(20)17(11-14)31(27,28)22-8-3-2-4-9-22/h5-6,11,15H,2-4,7-10,12-13H2,1H3. The van der Waals surface area contributed by atoms with E-state index in [1.165, 1.54) is 28.4 Å². The molecule has 0 aliphatic carbocycles. The van der Waals surface area contributed by atoms with E-state index in [9.17, 15) is 26.4 Å². The molecule has 0 saturated carbocycles. The summed E-state index contributed by atoms with van der Waals surface area (Å²) in [5.74, 6) is -1.50. The zero-order valence-corrected chi connectivity index (χ0v) is 19.5. The number of amides is 1. The fourth-order valence-corrected chi connectivity index (χ4v) is 7.46. The predicted molar refractivity (Wildman–Crippen MR) is 114 cm³/mol. The van der Waals surface area contributed by atoms with E-state index >= 15 is 0 Å². The fourth-order valence-electron chi connectivity index (χ4n) is 3.67. The number of halogens is 1. The molecule has 172 valence electrons. The summed E-state index contributed by atoms with van der Waals surface area (Å²) in [5, 5.41) is 0.000348. The fraction of sp³-hybridized carbons (Fsp3) is 0.579. The molecule has 2 heterocycles. The number of benzene rings is 1. The van der Waals surface area contributed by atoms with Crippen LogP contribution in [0.5, 0.6) is 0 Å². The van der Waals surface area contributed by atoms with E-state index in [0.717, 1.165) is 25.3 Å². The lowest BCUT2D eigenvalue weighted by atomic mass is 10.2. The minimum absolute atomic E-state index is 0.000348. The van der Waals surface area contributed by atoms with Crippen LogP contribution in [0.15, 0.2) is 23.1 Å². The smallest absolute Gasteiger partial charge is 0.338 e. The van der Waals surface area contributed by atoms with E-state index in [0.29, 0.717) is 19.5 Å². The first-order chi connectivity index (χ1) is 14.5. The number of nitrogens with zero attached hydrogens (tertiary/aromatic N) is 2. The van der Waals surface area contributed by atoms with Gasteiger partial charge in [0.2, 0.25) is 10.0 Å². The Balaban J connectivity index is 1.67. The third-order valence-electron chi connectivity index (χ3n) is 5.58. The van der Waals surface area contributed by atoms with Crippen molar-refractivity contribution in [1.29, 1.82) is 0 Å². The molecule has 31 heavy (non-hydrogen) atoms. The molecule has 1 aromatic rings. The molecule has 2 saturated heterocycles. The van der Waals surface area contributed by atoms with Crippen LogP contribution in [0.25, 0.3) is 0 Å². The Morgan fingerprint density at radius 1 is 1.23 bits per heavy atom. The first kappa shape index (κ1) is 24.0. The summed E-state index contributed by atoms with van der Waals surface area (Å²) in [5.41, 5.74) is -0.0427. The van der Waals surface area contributed by atoms with Gasteiger partial charge in [-0.25, -0.2) is 21.6 Å². The maximum Gasteiger partial charge on any atom is 0.338 e. The van der Waals surface area contributed by atoms with Gasteiger partial charge in [0.05, 0.1) is 22.1 Å². The van der Waals surface area contributed by atoms with Gasteiger partial charge in [-0.05, 0) is 37.5 Å². The molecule has 12 heteroatoms. The summed E-state index contributed by atoms with van der Waals surface area (Å²) in [6, 6.07) is 3.35.